The Morgan fingerprint density at radius 3 is 2.08 bits per heavy atom. The Kier molecular flexibility index (Phi) is 2.63. The molecular formula is C9H16O3. The molecule has 1 saturated carbocycles. The van der Waals surface area contributed by atoms with Gasteiger partial charge in [-0.25, -0.2) is 0 Å². The number of aliphatic hydroxyl groups is 1. The summed E-state index contributed by atoms with van der Waals surface area (Å²) in [4.78, 5) is 0. The Hall–Kier alpha value is -0.120. The van der Waals surface area contributed by atoms with Crippen LogP contribution in [0.25, 0.3) is 0 Å². The molecule has 0 bridgehead atoms. The number of aliphatic hydroxyl groups excluding tert-OH is 1. The predicted octanol–water partition coefficient (Wildman–Crippen LogP) is 0.910. The van der Waals surface area contributed by atoms with Gasteiger partial charge in [0.15, 0.2) is 6.29 Å². The second kappa shape index (κ2) is 3.73. The molecule has 70 valence electrons. The van der Waals surface area contributed by atoms with Gasteiger partial charge >= 0.3 is 0 Å². The second-order valence-corrected chi connectivity index (χ2v) is 3.68. The standard InChI is InChI=1S/C9H16O3/c10-8-3-1-7(2-4-8)9-11-5-6-12-9/h7-10H,1-6H2. The van der Waals surface area contributed by atoms with Crippen LogP contribution in [0.5, 0.6) is 0 Å². The summed E-state index contributed by atoms with van der Waals surface area (Å²) in [5.74, 6) is 0.524. The van der Waals surface area contributed by atoms with E-state index in [1.807, 2.05) is 0 Å². The van der Waals surface area contributed by atoms with Gasteiger partial charge in [-0.1, -0.05) is 0 Å². The molecule has 1 N–H and O–H groups in total. The Bertz CT molecular complexity index is 135. The summed E-state index contributed by atoms with van der Waals surface area (Å²) in [5.41, 5.74) is 0. The van der Waals surface area contributed by atoms with Gasteiger partial charge in [-0.3, -0.25) is 0 Å². The second-order valence-electron chi connectivity index (χ2n) is 3.68. The third-order valence-electron chi connectivity index (χ3n) is 2.77. The first-order valence-corrected chi connectivity index (χ1v) is 4.77. The van der Waals surface area contributed by atoms with E-state index in [0.29, 0.717) is 5.92 Å². The lowest BCUT2D eigenvalue weighted by atomic mass is 9.87. The molecule has 0 amide bonds. The van der Waals surface area contributed by atoms with Gasteiger partial charge in [-0.05, 0) is 25.7 Å². The first kappa shape index (κ1) is 8.48. The van der Waals surface area contributed by atoms with Crippen LogP contribution in [0, 0.1) is 5.92 Å². The molecule has 2 fully saturated rings. The largest absolute Gasteiger partial charge is 0.393 e. The molecular weight excluding hydrogens is 156 g/mol. The average Bonchev–Trinajstić information content (AvgIpc) is 2.58. The third kappa shape index (κ3) is 1.79. The Morgan fingerprint density at radius 1 is 0.917 bits per heavy atom. The van der Waals surface area contributed by atoms with Crippen molar-refractivity contribution in [3.63, 3.8) is 0 Å². The van der Waals surface area contributed by atoms with Crippen LogP contribution in [0.1, 0.15) is 25.7 Å². The molecule has 0 aromatic rings. The van der Waals surface area contributed by atoms with Gasteiger partial charge in [-0.2, -0.15) is 0 Å². The molecule has 0 spiro atoms. The van der Waals surface area contributed by atoms with Crippen molar-refractivity contribution in [2.75, 3.05) is 13.2 Å². The predicted molar refractivity (Wildman–Crippen MR) is 43.7 cm³/mol. The van der Waals surface area contributed by atoms with E-state index in [1.54, 1.807) is 0 Å². The maximum absolute atomic E-state index is 9.29. The minimum Gasteiger partial charge on any atom is -0.393 e. The smallest absolute Gasteiger partial charge is 0.160 e. The normalized spacial score (nSPS) is 38.8. The summed E-state index contributed by atoms with van der Waals surface area (Å²) in [6, 6.07) is 0. The van der Waals surface area contributed by atoms with Crippen LogP contribution < -0.4 is 0 Å². The molecule has 2 aliphatic rings. The van der Waals surface area contributed by atoms with Crippen molar-refractivity contribution in [3.05, 3.63) is 0 Å². The molecule has 1 aliphatic carbocycles. The van der Waals surface area contributed by atoms with E-state index in [1.165, 1.54) is 0 Å². The van der Waals surface area contributed by atoms with Crippen LogP contribution in [0.15, 0.2) is 0 Å². The highest BCUT2D eigenvalue weighted by atomic mass is 16.7. The van der Waals surface area contributed by atoms with Gasteiger partial charge in [0.25, 0.3) is 0 Å². The summed E-state index contributed by atoms with van der Waals surface area (Å²) in [5, 5.41) is 9.29. The van der Waals surface area contributed by atoms with Crippen LogP contribution >= 0.6 is 0 Å². The monoisotopic (exact) mass is 172 g/mol. The van der Waals surface area contributed by atoms with Crippen molar-refractivity contribution in [3.8, 4) is 0 Å². The molecule has 3 heteroatoms. The van der Waals surface area contributed by atoms with E-state index in [2.05, 4.69) is 0 Å². The number of hydrogen-bond acceptors (Lipinski definition) is 3. The summed E-state index contributed by atoms with van der Waals surface area (Å²) < 4.78 is 10.8. The fraction of sp³-hybridized carbons (Fsp3) is 1.00. The molecule has 0 unspecified atom stereocenters. The third-order valence-corrected chi connectivity index (χ3v) is 2.77. The summed E-state index contributed by atoms with van der Waals surface area (Å²) in [7, 11) is 0. The minimum absolute atomic E-state index is 0.0255. The van der Waals surface area contributed by atoms with E-state index in [9.17, 15) is 5.11 Å². The number of hydrogen-bond donors (Lipinski definition) is 1. The molecule has 2 rings (SSSR count). The zero-order valence-corrected chi connectivity index (χ0v) is 7.24. The van der Waals surface area contributed by atoms with Crippen molar-refractivity contribution in [2.45, 2.75) is 38.1 Å². The van der Waals surface area contributed by atoms with E-state index < -0.39 is 0 Å². The SMILES string of the molecule is OC1CCC(C2OCCO2)CC1. The lowest BCUT2D eigenvalue weighted by molar-refractivity contribution is -0.0991. The summed E-state index contributed by atoms with van der Waals surface area (Å²) >= 11 is 0. The molecule has 1 saturated heterocycles. The molecule has 0 atom stereocenters. The van der Waals surface area contributed by atoms with Gasteiger partial charge in [0.1, 0.15) is 0 Å². The van der Waals surface area contributed by atoms with E-state index in [0.717, 1.165) is 38.9 Å². The van der Waals surface area contributed by atoms with Crippen LogP contribution in [0.3, 0.4) is 0 Å². The lowest BCUT2D eigenvalue weighted by Gasteiger charge is -2.28. The van der Waals surface area contributed by atoms with Gasteiger partial charge in [0.2, 0.25) is 0 Å². The topological polar surface area (TPSA) is 38.7 Å². The van der Waals surface area contributed by atoms with Crippen molar-refractivity contribution in [1.29, 1.82) is 0 Å². The van der Waals surface area contributed by atoms with E-state index in [4.69, 9.17) is 9.47 Å². The quantitative estimate of drug-likeness (QED) is 0.639. The van der Waals surface area contributed by atoms with Crippen molar-refractivity contribution in [1.82, 2.24) is 0 Å². The Morgan fingerprint density at radius 2 is 1.50 bits per heavy atom. The van der Waals surface area contributed by atoms with Crippen LogP contribution in [-0.2, 0) is 9.47 Å². The molecule has 1 aliphatic heterocycles. The summed E-state index contributed by atoms with van der Waals surface area (Å²) in [6.45, 7) is 1.48. The van der Waals surface area contributed by atoms with Gasteiger partial charge in [-0.15, -0.1) is 0 Å². The van der Waals surface area contributed by atoms with Crippen LogP contribution in [0.2, 0.25) is 0 Å². The minimum atomic E-state index is -0.0809. The Labute approximate surface area is 72.7 Å². The maximum Gasteiger partial charge on any atom is 0.160 e. The first-order chi connectivity index (χ1) is 5.86. The van der Waals surface area contributed by atoms with Crippen molar-refractivity contribution in [2.24, 2.45) is 5.92 Å². The molecule has 12 heavy (non-hydrogen) atoms. The molecule has 3 nitrogen and oxygen atoms in total. The maximum atomic E-state index is 9.29. The van der Waals surface area contributed by atoms with Crippen molar-refractivity contribution < 1.29 is 14.6 Å². The van der Waals surface area contributed by atoms with Crippen LogP contribution in [-0.4, -0.2) is 30.7 Å². The fourth-order valence-electron chi connectivity index (χ4n) is 2.02. The Balaban J connectivity index is 1.80. The van der Waals surface area contributed by atoms with Gasteiger partial charge in [0.05, 0.1) is 19.3 Å². The zero-order valence-electron chi connectivity index (χ0n) is 7.24. The van der Waals surface area contributed by atoms with E-state index in [-0.39, 0.29) is 12.4 Å². The van der Waals surface area contributed by atoms with Crippen molar-refractivity contribution >= 4 is 0 Å². The lowest BCUT2D eigenvalue weighted by Crippen LogP contribution is -2.28. The summed E-state index contributed by atoms with van der Waals surface area (Å²) in [6.07, 6.45) is 3.86. The van der Waals surface area contributed by atoms with Crippen LogP contribution in [0.4, 0.5) is 0 Å². The fourth-order valence-corrected chi connectivity index (χ4v) is 2.02. The molecule has 0 radical (unpaired) electrons. The number of ether oxygens (including phenoxy) is 2. The van der Waals surface area contributed by atoms with Gasteiger partial charge < -0.3 is 14.6 Å². The first-order valence-electron chi connectivity index (χ1n) is 4.77. The highest BCUT2D eigenvalue weighted by Crippen LogP contribution is 2.30. The molecule has 1 heterocycles. The molecule has 0 aromatic carbocycles. The highest BCUT2D eigenvalue weighted by molar-refractivity contribution is 4.75. The molecule has 0 aromatic heterocycles. The zero-order chi connectivity index (χ0) is 8.39. The van der Waals surface area contributed by atoms with E-state index >= 15 is 0 Å². The van der Waals surface area contributed by atoms with Gasteiger partial charge in [0, 0.05) is 5.92 Å². The highest BCUT2D eigenvalue weighted by Gasteiger charge is 2.30. The number of rotatable bonds is 1. The average molecular weight is 172 g/mol.